The van der Waals surface area contributed by atoms with Gasteiger partial charge in [0.15, 0.2) is 17.3 Å². The quantitative estimate of drug-likeness (QED) is 0.287. The summed E-state index contributed by atoms with van der Waals surface area (Å²) in [5, 5.41) is 2.97. The summed E-state index contributed by atoms with van der Waals surface area (Å²) in [6.45, 7) is 4.37. The lowest BCUT2D eigenvalue weighted by atomic mass is 10.0. The highest BCUT2D eigenvalue weighted by atomic mass is 16.7. The maximum absolute atomic E-state index is 13.0. The summed E-state index contributed by atoms with van der Waals surface area (Å²) in [6.07, 6.45) is 0. The molecule has 0 aliphatic carbocycles. The van der Waals surface area contributed by atoms with Gasteiger partial charge in [0.25, 0.3) is 5.91 Å². The van der Waals surface area contributed by atoms with Crippen LogP contribution in [0.15, 0.2) is 66.7 Å². The number of H-pyrrole nitrogens is 2. The molecular formula is C29H24N4O4. The van der Waals surface area contributed by atoms with Crippen molar-refractivity contribution in [1.29, 1.82) is 0 Å². The first-order valence-corrected chi connectivity index (χ1v) is 11.9. The summed E-state index contributed by atoms with van der Waals surface area (Å²) < 4.78 is 10.8. The molecule has 0 spiro atoms. The summed E-state index contributed by atoms with van der Waals surface area (Å²) >= 11 is 0. The third-order valence-corrected chi connectivity index (χ3v) is 6.57. The SMILES string of the molecule is Cc1[nH]c(C(=O)NCc2ccc3c(c2)OCO3)c(C)c1-c1nc2ccc(C(=O)c3ccccc3)cc2[nH]1. The zero-order valence-corrected chi connectivity index (χ0v) is 20.3. The van der Waals surface area contributed by atoms with E-state index < -0.39 is 0 Å². The van der Waals surface area contributed by atoms with Gasteiger partial charge in [0.2, 0.25) is 6.79 Å². The van der Waals surface area contributed by atoms with Crippen molar-refractivity contribution in [3.05, 3.63) is 100 Å². The molecule has 1 aliphatic heterocycles. The second-order valence-electron chi connectivity index (χ2n) is 9.01. The molecule has 1 aliphatic rings. The first-order chi connectivity index (χ1) is 18.0. The third kappa shape index (κ3) is 4.12. The van der Waals surface area contributed by atoms with Crippen LogP contribution in [0, 0.1) is 13.8 Å². The summed E-state index contributed by atoms with van der Waals surface area (Å²) in [7, 11) is 0. The maximum Gasteiger partial charge on any atom is 0.268 e. The van der Waals surface area contributed by atoms with Crippen LogP contribution in [0.1, 0.15) is 43.2 Å². The van der Waals surface area contributed by atoms with E-state index in [4.69, 9.17) is 14.5 Å². The number of amides is 1. The average Bonchev–Trinajstić information content (AvgIpc) is 3.63. The van der Waals surface area contributed by atoms with E-state index in [1.54, 1.807) is 18.2 Å². The molecule has 8 nitrogen and oxygen atoms in total. The zero-order chi connectivity index (χ0) is 25.5. The van der Waals surface area contributed by atoms with E-state index in [1.165, 1.54) is 0 Å². The van der Waals surface area contributed by atoms with E-state index in [0.717, 1.165) is 33.4 Å². The van der Waals surface area contributed by atoms with Gasteiger partial charge in [-0.2, -0.15) is 0 Å². The molecule has 8 heteroatoms. The van der Waals surface area contributed by atoms with E-state index in [-0.39, 0.29) is 18.5 Å². The molecular weight excluding hydrogens is 468 g/mol. The maximum atomic E-state index is 13.0. The first-order valence-electron chi connectivity index (χ1n) is 11.9. The highest BCUT2D eigenvalue weighted by Crippen LogP contribution is 2.33. The molecule has 2 aromatic heterocycles. The Bertz CT molecular complexity index is 1670. The number of ether oxygens (including phenoxy) is 2. The molecule has 0 fully saturated rings. The van der Waals surface area contributed by atoms with Crippen LogP contribution in [-0.2, 0) is 6.54 Å². The van der Waals surface area contributed by atoms with Crippen LogP contribution in [0.2, 0.25) is 0 Å². The van der Waals surface area contributed by atoms with Crippen molar-refractivity contribution in [3.63, 3.8) is 0 Å². The molecule has 184 valence electrons. The van der Waals surface area contributed by atoms with Gasteiger partial charge >= 0.3 is 0 Å². The number of nitrogens with zero attached hydrogens (tertiary/aromatic N) is 1. The highest BCUT2D eigenvalue weighted by molar-refractivity contribution is 6.10. The molecule has 0 bridgehead atoms. The zero-order valence-electron chi connectivity index (χ0n) is 20.3. The Morgan fingerprint density at radius 3 is 2.57 bits per heavy atom. The molecule has 37 heavy (non-hydrogen) atoms. The number of aryl methyl sites for hydroxylation is 1. The number of aromatic nitrogens is 3. The fourth-order valence-corrected chi connectivity index (χ4v) is 4.68. The number of ketones is 1. The highest BCUT2D eigenvalue weighted by Gasteiger charge is 2.21. The Labute approximate surface area is 212 Å². The number of aromatic amines is 2. The fourth-order valence-electron chi connectivity index (χ4n) is 4.68. The largest absolute Gasteiger partial charge is 0.454 e. The molecule has 0 radical (unpaired) electrons. The number of carbonyl (C=O) groups excluding carboxylic acids is 2. The number of nitrogens with one attached hydrogen (secondary N) is 3. The molecule has 3 N–H and O–H groups in total. The Hall–Kier alpha value is -4.85. The van der Waals surface area contributed by atoms with Gasteiger partial charge in [-0.25, -0.2) is 4.98 Å². The minimum atomic E-state index is -0.212. The Morgan fingerprint density at radius 1 is 0.919 bits per heavy atom. The first kappa shape index (κ1) is 22.6. The summed E-state index contributed by atoms with van der Waals surface area (Å²) in [6, 6.07) is 20.2. The molecule has 0 unspecified atom stereocenters. The van der Waals surface area contributed by atoms with Crippen LogP contribution in [0.4, 0.5) is 0 Å². The van der Waals surface area contributed by atoms with Crippen LogP contribution in [0.3, 0.4) is 0 Å². The molecule has 0 saturated carbocycles. The molecule has 3 heterocycles. The van der Waals surface area contributed by atoms with E-state index in [1.807, 2.05) is 62.4 Å². The minimum absolute atomic E-state index is 0.0472. The molecule has 3 aromatic carbocycles. The van der Waals surface area contributed by atoms with Crippen molar-refractivity contribution < 1.29 is 19.1 Å². The van der Waals surface area contributed by atoms with Crippen molar-refractivity contribution in [2.45, 2.75) is 20.4 Å². The lowest BCUT2D eigenvalue weighted by Gasteiger charge is -2.06. The predicted octanol–water partition coefficient (Wildman–Crippen LogP) is 5.06. The molecule has 5 aromatic rings. The topological polar surface area (TPSA) is 109 Å². The van der Waals surface area contributed by atoms with Gasteiger partial charge in [0.1, 0.15) is 11.5 Å². The minimum Gasteiger partial charge on any atom is -0.454 e. The number of imidazole rings is 1. The molecule has 0 atom stereocenters. The second-order valence-corrected chi connectivity index (χ2v) is 9.01. The summed E-state index contributed by atoms with van der Waals surface area (Å²) in [5.41, 5.74) is 6.56. The van der Waals surface area contributed by atoms with Crippen molar-refractivity contribution in [2.75, 3.05) is 6.79 Å². The number of hydrogen-bond donors (Lipinski definition) is 3. The van der Waals surface area contributed by atoms with Crippen molar-refractivity contribution in [2.24, 2.45) is 0 Å². The van der Waals surface area contributed by atoms with Gasteiger partial charge in [-0.3, -0.25) is 9.59 Å². The van der Waals surface area contributed by atoms with E-state index in [9.17, 15) is 9.59 Å². The van der Waals surface area contributed by atoms with Gasteiger partial charge in [-0.15, -0.1) is 0 Å². The lowest BCUT2D eigenvalue weighted by molar-refractivity contribution is 0.0945. The van der Waals surface area contributed by atoms with E-state index in [2.05, 4.69) is 15.3 Å². The van der Waals surface area contributed by atoms with Crippen LogP contribution in [-0.4, -0.2) is 33.4 Å². The predicted molar refractivity (Wildman–Crippen MR) is 139 cm³/mol. The second kappa shape index (κ2) is 8.98. The fraction of sp³-hybridized carbons (Fsp3) is 0.138. The number of fused-ring (bicyclic) bond motifs is 2. The van der Waals surface area contributed by atoms with E-state index >= 15 is 0 Å². The van der Waals surface area contributed by atoms with Crippen molar-refractivity contribution in [3.8, 4) is 22.9 Å². The molecule has 0 saturated heterocycles. The monoisotopic (exact) mass is 492 g/mol. The summed E-state index contributed by atoms with van der Waals surface area (Å²) in [4.78, 5) is 37.2. The Kier molecular flexibility index (Phi) is 5.49. The number of hydrogen-bond acceptors (Lipinski definition) is 5. The van der Waals surface area contributed by atoms with Gasteiger partial charge in [-0.05, 0) is 55.3 Å². The Balaban J connectivity index is 1.24. The number of carbonyl (C=O) groups is 2. The van der Waals surface area contributed by atoms with Gasteiger partial charge in [0, 0.05) is 28.9 Å². The molecule has 1 amide bonds. The van der Waals surface area contributed by atoms with Gasteiger partial charge in [-0.1, -0.05) is 36.4 Å². The van der Waals surface area contributed by atoms with Crippen LogP contribution < -0.4 is 14.8 Å². The van der Waals surface area contributed by atoms with Crippen LogP contribution >= 0.6 is 0 Å². The standard InChI is InChI=1S/C29H24N4O4/c1-16-25(17(2)31-26(16)29(35)30-14-18-8-11-23-24(12-18)37-15-36-23)28-32-21-10-9-20(13-22(21)33-28)27(34)19-6-4-3-5-7-19/h3-13,31H,14-15H2,1-2H3,(H,30,35)(H,32,33). The van der Waals surface area contributed by atoms with Gasteiger partial charge < -0.3 is 24.8 Å². The van der Waals surface area contributed by atoms with Gasteiger partial charge in [0.05, 0.1) is 11.0 Å². The Morgan fingerprint density at radius 2 is 1.73 bits per heavy atom. The van der Waals surface area contributed by atoms with Crippen molar-refractivity contribution >= 4 is 22.7 Å². The third-order valence-electron chi connectivity index (χ3n) is 6.57. The smallest absolute Gasteiger partial charge is 0.268 e. The number of rotatable bonds is 6. The molecule has 6 rings (SSSR count). The van der Waals surface area contributed by atoms with Crippen molar-refractivity contribution in [1.82, 2.24) is 20.3 Å². The van der Waals surface area contributed by atoms with Crippen LogP contribution in [0.5, 0.6) is 11.5 Å². The van der Waals surface area contributed by atoms with E-state index in [0.29, 0.717) is 40.7 Å². The van der Waals surface area contributed by atoms with Crippen LogP contribution in [0.25, 0.3) is 22.4 Å². The average molecular weight is 493 g/mol. The summed E-state index contributed by atoms with van der Waals surface area (Å²) in [5.74, 6) is 1.77. The lowest BCUT2D eigenvalue weighted by Crippen LogP contribution is -2.23. The number of benzene rings is 3. The normalized spacial score (nSPS) is 12.2.